The second kappa shape index (κ2) is 7.40. The van der Waals surface area contributed by atoms with Gasteiger partial charge in [0.2, 0.25) is 0 Å². The molecule has 0 bridgehead atoms. The number of nitrogens with zero attached hydrogens (tertiary/aromatic N) is 1. The second-order valence-electron chi connectivity index (χ2n) is 4.95. The maximum atomic E-state index is 12.6. The summed E-state index contributed by atoms with van der Waals surface area (Å²) in [5.74, 6) is 1.03. The van der Waals surface area contributed by atoms with E-state index in [9.17, 15) is 23.1 Å². The average Bonchev–Trinajstić information content (AvgIpc) is 2.38. The Morgan fingerprint density at radius 1 is 1.35 bits per heavy atom. The molecule has 1 aliphatic heterocycles. The summed E-state index contributed by atoms with van der Waals surface area (Å²) in [6.07, 6.45) is -1.70. The molecule has 0 atom stereocenters. The van der Waals surface area contributed by atoms with Crippen LogP contribution in [0.25, 0.3) is 0 Å². The first-order chi connectivity index (χ1) is 9.30. The second-order valence-corrected chi connectivity index (χ2v) is 5.93. The summed E-state index contributed by atoms with van der Waals surface area (Å²) in [6.45, 7) is 0.374. The molecule has 0 radical (unpaired) electrons. The van der Waals surface area contributed by atoms with Crippen molar-refractivity contribution in [1.82, 2.24) is 10.2 Å². The molecule has 1 fully saturated rings. The summed E-state index contributed by atoms with van der Waals surface area (Å²) < 4.78 is 37.8. The lowest BCUT2D eigenvalue weighted by Crippen LogP contribution is -2.55. The molecule has 0 aromatic rings. The Balaban J connectivity index is 2.29. The van der Waals surface area contributed by atoms with E-state index >= 15 is 0 Å². The van der Waals surface area contributed by atoms with Crippen molar-refractivity contribution in [3.63, 3.8) is 0 Å². The molecule has 20 heavy (non-hydrogen) atoms. The van der Waals surface area contributed by atoms with E-state index in [1.54, 1.807) is 11.8 Å². The summed E-state index contributed by atoms with van der Waals surface area (Å²) in [6, 6.07) is -0.349. The highest BCUT2D eigenvalue weighted by Gasteiger charge is 2.54. The van der Waals surface area contributed by atoms with Gasteiger partial charge in [-0.05, 0) is 24.9 Å². The Hall–Kier alpha value is -0.630. The van der Waals surface area contributed by atoms with Gasteiger partial charge in [-0.3, -0.25) is 0 Å². The molecule has 1 saturated heterocycles. The predicted octanol–water partition coefficient (Wildman–Crippen LogP) is 2.23. The van der Waals surface area contributed by atoms with Crippen LogP contribution < -0.4 is 5.32 Å². The van der Waals surface area contributed by atoms with Crippen molar-refractivity contribution in [1.29, 1.82) is 0 Å². The van der Waals surface area contributed by atoms with Crippen molar-refractivity contribution < 1.29 is 23.1 Å². The number of alkyl halides is 3. The number of urea groups is 1. The van der Waals surface area contributed by atoms with E-state index in [0.717, 1.165) is 18.6 Å². The minimum Gasteiger partial charge on any atom is -0.380 e. The molecular weight excluding hydrogens is 293 g/mol. The fourth-order valence-corrected chi connectivity index (χ4v) is 2.53. The van der Waals surface area contributed by atoms with Gasteiger partial charge in [0.1, 0.15) is 0 Å². The van der Waals surface area contributed by atoms with Crippen LogP contribution in [-0.2, 0) is 0 Å². The monoisotopic (exact) mass is 314 g/mol. The molecule has 2 amide bonds. The normalized spacial score (nSPS) is 18.9. The number of halogens is 3. The number of likely N-dealkylation sites (tertiary alicyclic amines) is 1. The van der Waals surface area contributed by atoms with E-state index in [1.165, 1.54) is 4.90 Å². The van der Waals surface area contributed by atoms with Crippen molar-refractivity contribution >= 4 is 17.8 Å². The molecule has 0 spiro atoms. The van der Waals surface area contributed by atoms with Gasteiger partial charge in [-0.15, -0.1) is 0 Å². The van der Waals surface area contributed by atoms with E-state index in [2.05, 4.69) is 5.32 Å². The molecular formula is C12H21F3N2O2S. The fraction of sp³-hybridized carbons (Fsp3) is 0.917. The SMILES string of the molecule is CSCCCCNC(=O)N1CCC(O)(C(F)(F)F)CC1. The highest BCUT2D eigenvalue weighted by molar-refractivity contribution is 7.98. The van der Waals surface area contributed by atoms with E-state index in [-0.39, 0.29) is 19.1 Å². The van der Waals surface area contributed by atoms with Crippen molar-refractivity contribution in [2.75, 3.05) is 31.6 Å². The Morgan fingerprint density at radius 3 is 2.45 bits per heavy atom. The molecule has 1 rings (SSSR count). The molecule has 118 valence electrons. The van der Waals surface area contributed by atoms with Crippen LogP contribution in [-0.4, -0.2) is 59.5 Å². The van der Waals surface area contributed by atoms with Crippen molar-refractivity contribution in [2.24, 2.45) is 0 Å². The van der Waals surface area contributed by atoms with Crippen LogP contribution in [0.4, 0.5) is 18.0 Å². The van der Waals surface area contributed by atoms with Crippen molar-refractivity contribution in [3.8, 4) is 0 Å². The van der Waals surface area contributed by atoms with Crippen LogP contribution >= 0.6 is 11.8 Å². The smallest absolute Gasteiger partial charge is 0.380 e. The van der Waals surface area contributed by atoms with E-state index in [0.29, 0.717) is 6.54 Å². The molecule has 2 N–H and O–H groups in total. The minimum atomic E-state index is -4.63. The fourth-order valence-electron chi connectivity index (χ4n) is 2.04. The van der Waals surface area contributed by atoms with Gasteiger partial charge < -0.3 is 15.3 Å². The Morgan fingerprint density at radius 2 is 1.95 bits per heavy atom. The number of carbonyl (C=O) groups is 1. The van der Waals surface area contributed by atoms with Gasteiger partial charge in [0.05, 0.1) is 0 Å². The first-order valence-corrected chi connectivity index (χ1v) is 8.00. The lowest BCUT2D eigenvalue weighted by molar-refractivity contribution is -0.271. The Bertz CT molecular complexity index is 318. The number of rotatable bonds is 5. The number of piperidine rings is 1. The predicted molar refractivity (Wildman–Crippen MR) is 72.8 cm³/mol. The third kappa shape index (κ3) is 4.73. The number of aliphatic hydroxyl groups is 1. The van der Waals surface area contributed by atoms with Gasteiger partial charge in [0.15, 0.2) is 5.60 Å². The average molecular weight is 314 g/mol. The van der Waals surface area contributed by atoms with Crippen LogP contribution in [0.1, 0.15) is 25.7 Å². The van der Waals surface area contributed by atoms with Crippen LogP contribution in [0, 0.1) is 0 Å². The molecule has 0 aromatic heterocycles. The van der Waals surface area contributed by atoms with Gasteiger partial charge >= 0.3 is 12.2 Å². The highest BCUT2D eigenvalue weighted by atomic mass is 32.2. The van der Waals surface area contributed by atoms with Crippen LogP contribution in [0.3, 0.4) is 0 Å². The van der Waals surface area contributed by atoms with E-state index in [1.807, 2.05) is 6.26 Å². The number of hydrogen-bond acceptors (Lipinski definition) is 3. The molecule has 8 heteroatoms. The van der Waals surface area contributed by atoms with E-state index in [4.69, 9.17) is 0 Å². The molecule has 1 heterocycles. The first kappa shape index (κ1) is 17.4. The Kier molecular flexibility index (Phi) is 6.44. The lowest BCUT2D eigenvalue weighted by atomic mass is 9.91. The molecule has 0 aliphatic carbocycles. The van der Waals surface area contributed by atoms with Gasteiger partial charge in [-0.25, -0.2) is 4.79 Å². The maximum absolute atomic E-state index is 12.6. The van der Waals surface area contributed by atoms with E-state index < -0.39 is 24.6 Å². The number of carbonyl (C=O) groups excluding carboxylic acids is 1. The van der Waals surface area contributed by atoms with Crippen LogP contribution in [0.5, 0.6) is 0 Å². The van der Waals surface area contributed by atoms with Crippen LogP contribution in [0.15, 0.2) is 0 Å². The summed E-state index contributed by atoms with van der Waals surface area (Å²) >= 11 is 1.73. The highest BCUT2D eigenvalue weighted by Crippen LogP contribution is 2.38. The number of hydrogen-bond donors (Lipinski definition) is 2. The topological polar surface area (TPSA) is 52.6 Å². The number of amides is 2. The minimum absolute atomic E-state index is 0.0767. The third-order valence-electron chi connectivity index (χ3n) is 3.46. The summed E-state index contributed by atoms with van der Waals surface area (Å²) in [5.41, 5.74) is -2.65. The number of thioether (sulfide) groups is 1. The summed E-state index contributed by atoms with van der Waals surface area (Å²) in [7, 11) is 0. The zero-order valence-corrected chi connectivity index (χ0v) is 12.3. The molecule has 1 aliphatic rings. The first-order valence-electron chi connectivity index (χ1n) is 6.61. The molecule has 0 unspecified atom stereocenters. The molecule has 0 aromatic carbocycles. The summed E-state index contributed by atoms with van der Waals surface area (Å²) in [4.78, 5) is 13.1. The van der Waals surface area contributed by atoms with Crippen LogP contribution in [0.2, 0.25) is 0 Å². The Labute approximate surface area is 121 Å². The zero-order chi connectivity index (χ0) is 15.2. The largest absolute Gasteiger partial charge is 0.417 e. The summed E-state index contributed by atoms with van der Waals surface area (Å²) in [5, 5.41) is 12.2. The number of unbranched alkanes of at least 4 members (excludes halogenated alkanes) is 1. The molecule has 4 nitrogen and oxygen atoms in total. The lowest BCUT2D eigenvalue weighted by Gasteiger charge is -2.39. The van der Waals surface area contributed by atoms with Gasteiger partial charge in [-0.2, -0.15) is 24.9 Å². The number of nitrogens with one attached hydrogen (secondary N) is 1. The maximum Gasteiger partial charge on any atom is 0.417 e. The van der Waals surface area contributed by atoms with Gasteiger partial charge in [-0.1, -0.05) is 0 Å². The van der Waals surface area contributed by atoms with Gasteiger partial charge in [0.25, 0.3) is 0 Å². The third-order valence-corrected chi connectivity index (χ3v) is 4.15. The van der Waals surface area contributed by atoms with Gasteiger partial charge in [0, 0.05) is 32.5 Å². The van der Waals surface area contributed by atoms with Crippen molar-refractivity contribution in [2.45, 2.75) is 37.5 Å². The standard InChI is InChI=1S/C12H21F3N2O2S/c1-20-9-3-2-6-16-10(18)17-7-4-11(19,5-8-17)12(13,14)15/h19H,2-9H2,1H3,(H,16,18). The van der Waals surface area contributed by atoms with Crippen molar-refractivity contribution in [3.05, 3.63) is 0 Å². The zero-order valence-electron chi connectivity index (χ0n) is 11.5. The molecule has 0 saturated carbocycles. The quantitative estimate of drug-likeness (QED) is 0.765.